The SMILES string of the molecule is CCCC(C)C1OOOOO1. The largest absolute Gasteiger partial charge is 0.233 e. The number of hydrogen-bond donors (Lipinski definition) is 0. The molecule has 1 unspecified atom stereocenters. The van der Waals surface area contributed by atoms with Crippen molar-refractivity contribution in [3.8, 4) is 0 Å². The fourth-order valence-corrected chi connectivity index (χ4v) is 0.918. The average Bonchev–Trinajstić information content (AvgIpc) is 2.07. The first-order valence-electron chi connectivity index (χ1n) is 3.66. The Bertz CT molecular complexity index is 101. The molecule has 1 rings (SSSR count). The molecule has 0 N–H and O–H groups in total. The van der Waals surface area contributed by atoms with Crippen molar-refractivity contribution in [3.63, 3.8) is 0 Å². The van der Waals surface area contributed by atoms with Gasteiger partial charge in [0, 0.05) is 5.92 Å². The normalized spacial score (nSPS) is 23.5. The molecule has 0 aliphatic carbocycles. The lowest BCUT2D eigenvalue weighted by Gasteiger charge is -2.22. The molecule has 0 saturated carbocycles. The maximum Gasteiger partial charge on any atom is 0.233 e. The van der Waals surface area contributed by atoms with Gasteiger partial charge in [-0.15, -0.1) is 0 Å². The highest BCUT2D eigenvalue weighted by Gasteiger charge is 2.25. The quantitative estimate of drug-likeness (QED) is 0.591. The van der Waals surface area contributed by atoms with Crippen molar-refractivity contribution in [2.75, 3.05) is 0 Å². The molecule has 1 aliphatic heterocycles. The zero-order valence-electron chi connectivity index (χ0n) is 6.61. The van der Waals surface area contributed by atoms with E-state index in [4.69, 9.17) is 0 Å². The zero-order valence-corrected chi connectivity index (χ0v) is 6.61. The lowest BCUT2D eigenvalue weighted by molar-refractivity contribution is -0.789. The van der Waals surface area contributed by atoms with Gasteiger partial charge in [-0.3, -0.25) is 0 Å². The fraction of sp³-hybridized carbons (Fsp3) is 1.00. The predicted octanol–water partition coefficient (Wildman–Crippen LogP) is 1.51. The molecule has 0 aromatic heterocycles. The Balaban J connectivity index is 2.21. The Morgan fingerprint density at radius 3 is 2.36 bits per heavy atom. The highest BCUT2D eigenvalue weighted by molar-refractivity contribution is 4.53. The summed E-state index contributed by atoms with van der Waals surface area (Å²) in [6, 6.07) is 0. The maximum atomic E-state index is 4.62. The maximum absolute atomic E-state index is 4.62. The minimum Gasteiger partial charge on any atom is -0.168 e. The van der Waals surface area contributed by atoms with Crippen molar-refractivity contribution in [1.29, 1.82) is 0 Å². The predicted molar refractivity (Wildman–Crippen MR) is 33.3 cm³/mol. The summed E-state index contributed by atoms with van der Waals surface area (Å²) in [7, 11) is 0. The van der Waals surface area contributed by atoms with Crippen molar-refractivity contribution in [3.05, 3.63) is 0 Å². The van der Waals surface area contributed by atoms with Gasteiger partial charge in [-0.25, -0.2) is 0 Å². The monoisotopic (exact) mass is 164 g/mol. The van der Waals surface area contributed by atoms with Crippen LogP contribution in [0.2, 0.25) is 0 Å². The highest BCUT2D eigenvalue weighted by Crippen LogP contribution is 2.18. The topological polar surface area (TPSA) is 46.2 Å². The van der Waals surface area contributed by atoms with E-state index in [-0.39, 0.29) is 5.92 Å². The van der Waals surface area contributed by atoms with Crippen LogP contribution in [0, 0.1) is 5.92 Å². The summed E-state index contributed by atoms with van der Waals surface area (Å²) in [5, 5.41) is 12.1. The van der Waals surface area contributed by atoms with Gasteiger partial charge in [-0.2, -0.15) is 9.78 Å². The van der Waals surface area contributed by atoms with Crippen molar-refractivity contribution in [2.24, 2.45) is 5.92 Å². The van der Waals surface area contributed by atoms with Crippen molar-refractivity contribution >= 4 is 0 Å². The van der Waals surface area contributed by atoms with E-state index >= 15 is 0 Å². The molecular formula is C6H12O5. The Hall–Kier alpha value is -0.200. The van der Waals surface area contributed by atoms with Gasteiger partial charge in [0.25, 0.3) is 0 Å². The third-order valence-corrected chi connectivity index (χ3v) is 1.53. The van der Waals surface area contributed by atoms with Gasteiger partial charge < -0.3 is 0 Å². The lowest BCUT2D eigenvalue weighted by Crippen LogP contribution is -2.29. The third-order valence-electron chi connectivity index (χ3n) is 1.53. The summed E-state index contributed by atoms with van der Waals surface area (Å²) in [5.74, 6) is 0.226. The molecule has 5 heteroatoms. The molecule has 0 spiro atoms. The van der Waals surface area contributed by atoms with Gasteiger partial charge >= 0.3 is 0 Å². The molecule has 1 atom stereocenters. The van der Waals surface area contributed by atoms with Gasteiger partial charge in [0.05, 0.1) is 0 Å². The van der Waals surface area contributed by atoms with Gasteiger partial charge in [-0.1, -0.05) is 20.3 Å². The summed E-state index contributed by atoms with van der Waals surface area (Å²) < 4.78 is 0. The van der Waals surface area contributed by atoms with Crippen molar-refractivity contribution < 1.29 is 24.9 Å². The summed E-state index contributed by atoms with van der Waals surface area (Å²) in [6.07, 6.45) is 1.55. The smallest absolute Gasteiger partial charge is 0.168 e. The second kappa shape index (κ2) is 4.63. The van der Waals surface area contributed by atoms with Crippen LogP contribution in [-0.2, 0) is 24.9 Å². The zero-order chi connectivity index (χ0) is 8.10. The molecule has 1 fully saturated rings. The molecule has 0 amide bonds. The molecule has 1 aliphatic rings. The van der Waals surface area contributed by atoms with Gasteiger partial charge in [0.15, 0.2) is 0 Å². The van der Waals surface area contributed by atoms with Crippen LogP contribution in [0.3, 0.4) is 0 Å². The first-order chi connectivity index (χ1) is 5.34. The second-order valence-corrected chi connectivity index (χ2v) is 2.53. The van der Waals surface area contributed by atoms with Gasteiger partial charge in [-0.05, 0) is 21.5 Å². The van der Waals surface area contributed by atoms with Crippen LogP contribution in [0.1, 0.15) is 26.7 Å². The van der Waals surface area contributed by atoms with E-state index in [9.17, 15) is 0 Å². The molecular weight excluding hydrogens is 152 g/mol. The molecule has 0 radical (unpaired) electrons. The summed E-state index contributed by atoms with van der Waals surface area (Å²) in [6.45, 7) is 4.06. The van der Waals surface area contributed by atoms with Crippen LogP contribution in [0.5, 0.6) is 0 Å². The third kappa shape index (κ3) is 2.72. The average molecular weight is 164 g/mol. The lowest BCUT2D eigenvalue weighted by atomic mass is 10.1. The van der Waals surface area contributed by atoms with Crippen LogP contribution < -0.4 is 0 Å². The van der Waals surface area contributed by atoms with Crippen LogP contribution in [0.15, 0.2) is 0 Å². The molecule has 11 heavy (non-hydrogen) atoms. The molecule has 5 nitrogen and oxygen atoms in total. The van der Waals surface area contributed by atoms with Gasteiger partial charge in [0.1, 0.15) is 0 Å². The Morgan fingerprint density at radius 1 is 1.18 bits per heavy atom. The van der Waals surface area contributed by atoms with E-state index in [1.54, 1.807) is 0 Å². The molecule has 1 heterocycles. The van der Waals surface area contributed by atoms with E-state index in [2.05, 4.69) is 31.8 Å². The van der Waals surface area contributed by atoms with Crippen molar-refractivity contribution in [1.82, 2.24) is 0 Å². The van der Waals surface area contributed by atoms with E-state index in [0.717, 1.165) is 12.8 Å². The molecule has 0 aromatic rings. The molecule has 66 valence electrons. The molecule has 0 aromatic carbocycles. The van der Waals surface area contributed by atoms with E-state index in [1.807, 2.05) is 6.92 Å². The Labute approximate surface area is 64.8 Å². The molecule has 0 bridgehead atoms. The Kier molecular flexibility index (Phi) is 3.74. The standard InChI is InChI=1S/C6H12O5/c1-3-4-5(2)6-7-9-11-10-8-6/h5-6H,3-4H2,1-2H3. The van der Waals surface area contributed by atoms with Gasteiger partial charge in [0.2, 0.25) is 6.29 Å². The second-order valence-electron chi connectivity index (χ2n) is 2.53. The van der Waals surface area contributed by atoms with E-state index < -0.39 is 6.29 Å². The Morgan fingerprint density at radius 2 is 1.82 bits per heavy atom. The highest BCUT2D eigenvalue weighted by atomic mass is 17.8. The number of rotatable bonds is 3. The summed E-state index contributed by atoms with van der Waals surface area (Å²) >= 11 is 0. The molecule has 1 saturated heterocycles. The van der Waals surface area contributed by atoms with Crippen LogP contribution >= 0.6 is 0 Å². The van der Waals surface area contributed by atoms with Crippen molar-refractivity contribution in [2.45, 2.75) is 33.0 Å². The van der Waals surface area contributed by atoms with Crippen LogP contribution in [0.25, 0.3) is 0 Å². The summed E-state index contributed by atoms with van der Waals surface area (Å²) in [5.41, 5.74) is 0. The van der Waals surface area contributed by atoms with Crippen LogP contribution in [-0.4, -0.2) is 6.29 Å². The first-order valence-corrected chi connectivity index (χ1v) is 3.66. The minimum absolute atomic E-state index is 0.226. The minimum atomic E-state index is -0.497. The number of hydrogen-bond acceptors (Lipinski definition) is 5. The fourth-order valence-electron chi connectivity index (χ4n) is 0.918. The summed E-state index contributed by atoms with van der Waals surface area (Å²) in [4.78, 5) is 9.25. The first kappa shape index (κ1) is 8.89. The van der Waals surface area contributed by atoms with E-state index in [0.29, 0.717) is 0 Å². The van der Waals surface area contributed by atoms with Crippen LogP contribution in [0.4, 0.5) is 0 Å². The van der Waals surface area contributed by atoms with E-state index in [1.165, 1.54) is 0 Å².